The molecule has 0 spiro atoms. The van der Waals surface area contributed by atoms with Crippen LogP contribution in [-0.4, -0.2) is 20.1 Å². The molecule has 0 saturated heterocycles. The first-order valence-corrected chi connectivity index (χ1v) is 6.54. The first-order chi connectivity index (χ1) is 8.02. The number of halogens is 1. The van der Waals surface area contributed by atoms with Gasteiger partial charge in [0.15, 0.2) is 0 Å². The van der Waals surface area contributed by atoms with Crippen LogP contribution in [-0.2, 0) is 14.1 Å². The van der Waals surface area contributed by atoms with Gasteiger partial charge >= 0.3 is 5.69 Å². The predicted octanol–water partition coefficient (Wildman–Crippen LogP) is 0.486. The van der Waals surface area contributed by atoms with E-state index in [-0.39, 0.29) is 28.1 Å². The van der Waals surface area contributed by atoms with Crippen LogP contribution in [0.5, 0.6) is 5.88 Å². The Bertz CT molecular complexity index is 604. The van der Waals surface area contributed by atoms with Crippen molar-refractivity contribution in [1.29, 1.82) is 0 Å². The van der Waals surface area contributed by atoms with Crippen LogP contribution in [0, 0.1) is 0 Å². The van der Waals surface area contributed by atoms with E-state index in [0.717, 1.165) is 17.4 Å². The minimum absolute atomic E-state index is 0.0743. The Labute approximate surface area is 106 Å². The molecule has 1 saturated carbocycles. The Morgan fingerprint density at radius 3 is 2.65 bits per heavy atom. The summed E-state index contributed by atoms with van der Waals surface area (Å²) in [6.45, 7) is 0. The highest BCUT2D eigenvalue weighted by molar-refractivity contribution is 9.09. The monoisotopic (exact) mass is 300 g/mol. The number of nitrogens with zero attached hydrogens (tertiary/aromatic N) is 2. The van der Waals surface area contributed by atoms with E-state index in [1.54, 1.807) is 7.05 Å². The van der Waals surface area contributed by atoms with Gasteiger partial charge in [-0.3, -0.25) is 13.9 Å². The van der Waals surface area contributed by atoms with Gasteiger partial charge in [0.25, 0.3) is 5.56 Å². The zero-order valence-electron chi connectivity index (χ0n) is 9.64. The summed E-state index contributed by atoms with van der Waals surface area (Å²) in [5.74, 6) is 0.621. The minimum atomic E-state index is -0.332. The van der Waals surface area contributed by atoms with E-state index >= 15 is 0 Å². The van der Waals surface area contributed by atoms with Gasteiger partial charge in [0.2, 0.25) is 5.88 Å². The number of fused-ring (bicyclic) bond motifs is 4. The lowest BCUT2D eigenvalue weighted by Crippen LogP contribution is -2.44. The molecule has 0 amide bonds. The Kier molecular flexibility index (Phi) is 2.26. The van der Waals surface area contributed by atoms with Gasteiger partial charge in [-0.05, 0) is 12.8 Å². The molecule has 6 heteroatoms. The molecule has 2 bridgehead atoms. The summed E-state index contributed by atoms with van der Waals surface area (Å²) in [5, 5.41) is 0. The zero-order valence-corrected chi connectivity index (χ0v) is 11.2. The second-order valence-corrected chi connectivity index (χ2v) is 5.77. The van der Waals surface area contributed by atoms with Gasteiger partial charge in [0.1, 0.15) is 6.10 Å². The summed E-state index contributed by atoms with van der Waals surface area (Å²) >= 11 is 3.59. The fourth-order valence-electron chi connectivity index (χ4n) is 2.80. The van der Waals surface area contributed by atoms with Crippen LogP contribution in [0.1, 0.15) is 24.3 Å². The third-order valence-corrected chi connectivity index (χ3v) is 5.01. The molecule has 1 fully saturated rings. The highest BCUT2D eigenvalue weighted by Gasteiger charge is 2.45. The molecule has 3 unspecified atom stereocenters. The van der Waals surface area contributed by atoms with Crippen molar-refractivity contribution in [2.24, 2.45) is 14.1 Å². The molecule has 2 aliphatic rings. The second-order valence-electron chi connectivity index (χ2n) is 4.71. The lowest BCUT2D eigenvalue weighted by Gasteiger charge is -2.29. The molecular formula is C11H13BrN2O3. The van der Waals surface area contributed by atoms with Crippen LogP contribution in [0.3, 0.4) is 0 Å². The number of ether oxygens (including phenoxy) is 1. The zero-order chi connectivity index (χ0) is 12.3. The van der Waals surface area contributed by atoms with E-state index in [0.29, 0.717) is 11.4 Å². The Morgan fingerprint density at radius 1 is 1.24 bits per heavy atom. The van der Waals surface area contributed by atoms with Crippen molar-refractivity contribution in [3.05, 3.63) is 26.4 Å². The summed E-state index contributed by atoms with van der Waals surface area (Å²) in [6, 6.07) is 0. The topological polar surface area (TPSA) is 53.2 Å². The van der Waals surface area contributed by atoms with E-state index in [1.165, 1.54) is 11.6 Å². The summed E-state index contributed by atoms with van der Waals surface area (Å²) < 4.78 is 8.37. The third kappa shape index (κ3) is 1.30. The quantitative estimate of drug-likeness (QED) is 0.655. The molecule has 3 rings (SSSR count). The average Bonchev–Trinajstić information content (AvgIpc) is 2.56. The molecule has 1 aliphatic carbocycles. The SMILES string of the molecule is Cn1c2c(c(=O)n(C)c1=O)C1CCC(O2)C1Br. The van der Waals surface area contributed by atoms with Gasteiger partial charge in [0.05, 0.1) is 10.4 Å². The smallest absolute Gasteiger partial charge is 0.333 e. The molecule has 1 aliphatic heterocycles. The van der Waals surface area contributed by atoms with Gasteiger partial charge in [0, 0.05) is 20.0 Å². The lowest BCUT2D eigenvalue weighted by molar-refractivity contribution is 0.180. The maximum Gasteiger partial charge on any atom is 0.333 e. The largest absolute Gasteiger partial charge is 0.474 e. The van der Waals surface area contributed by atoms with Crippen molar-refractivity contribution >= 4 is 15.9 Å². The van der Waals surface area contributed by atoms with Crippen molar-refractivity contribution in [2.45, 2.75) is 29.7 Å². The van der Waals surface area contributed by atoms with Gasteiger partial charge in [-0.1, -0.05) is 15.9 Å². The number of alkyl halides is 1. The first-order valence-electron chi connectivity index (χ1n) is 5.63. The number of hydrogen-bond acceptors (Lipinski definition) is 3. The fraction of sp³-hybridized carbons (Fsp3) is 0.636. The number of rotatable bonds is 0. The van der Waals surface area contributed by atoms with E-state index in [1.807, 2.05) is 0 Å². The van der Waals surface area contributed by atoms with Gasteiger partial charge in [-0.15, -0.1) is 0 Å². The summed E-state index contributed by atoms with van der Waals surface area (Å²) in [7, 11) is 3.16. The summed E-state index contributed by atoms with van der Waals surface area (Å²) in [5.41, 5.74) is 0.0873. The molecule has 0 N–H and O–H groups in total. The average molecular weight is 301 g/mol. The maximum absolute atomic E-state index is 12.2. The molecule has 0 radical (unpaired) electrons. The molecule has 17 heavy (non-hydrogen) atoms. The first kappa shape index (κ1) is 11.1. The Hall–Kier alpha value is -1.04. The van der Waals surface area contributed by atoms with Crippen molar-refractivity contribution in [3.8, 4) is 5.88 Å². The Morgan fingerprint density at radius 2 is 1.94 bits per heavy atom. The second kappa shape index (κ2) is 3.48. The van der Waals surface area contributed by atoms with E-state index in [2.05, 4.69) is 15.9 Å². The van der Waals surface area contributed by atoms with Gasteiger partial charge in [-0.2, -0.15) is 0 Å². The maximum atomic E-state index is 12.2. The molecule has 0 aromatic carbocycles. The number of hydrogen-bond donors (Lipinski definition) is 0. The van der Waals surface area contributed by atoms with Crippen LogP contribution in [0.25, 0.3) is 0 Å². The van der Waals surface area contributed by atoms with Crippen molar-refractivity contribution in [2.75, 3.05) is 0 Å². The van der Waals surface area contributed by atoms with Crippen molar-refractivity contribution < 1.29 is 4.74 Å². The van der Waals surface area contributed by atoms with Gasteiger partial charge in [-0.25, -0.2) is 4.79 Å². The molecule has 92 valence electrons. The fourth-order valence-corrected chi connectivity index (χ4v) is 3.70. The number of aromatic nitrogens is 2. The van der Waals surface area contributed by atoms with Crippen LogP contribution >= 0.6 is 15.9 Å². The van der Waals surface area contributed by atoms with E-state index in [4.69, 9.17) is 4.74 Å². The molecule has 3 atom stereocenters. The predicted molar refractivity (Wildman–Crippen MR) is 66.0 cm³/mol. The van der Waals surface area contributed by atoms with Crippen LogP contribution in [0.2, 0.25) is 0 Å². The third-order valence-electron chi connectivity index (χ3n) is 3.78. The molecular weight excluding hydrogens is 288 g/mol. The highest BCUT2D eigenvalue weighted by atomic mass is 79.9. The molecule has 5 nitrogen and oxygen atoms in total. The van der Waals surface area contributed by atoms with Crippen molar-refractivity contribution in [1.82, 2.24) is 9.13 Å². The minimum Gasteiger partial charge on any atom is -0.474 e. The van der Waals surface area contributed by atoms with Crippen LogP contribution in [0.15, 0.2) is 9.59 Å². The molecule has 1 aromatic heterocycles. The Balaban J connectivity index is 2.37. The van der Waals surface area contributed by atoms with Gasteiger partial charge < -0.3 is 4.74 Å². The van der Waals surface area contributed by atoms with Crippen LogP contribution in [0.4, 0.5) is 0 Å². The van der Waals surface area contributed by atoms with E-state index in [9.17, 15) is 9.59 Å². The van der Waals surface area contributed by atoms with E-state index < -0.39 is 0 Å². The molecule has 1 aromatic rings. The standard InChI is InChI=1S/C11H13BrN2O3/c1-13-9(15)7-5-3-4-6(8(5)12)17-10(7)14(2)11(13)16/h5-6,8H,3-4H2,1-2H3. The normalized spacial score (nSPS) is 29.9. The summed E-state index contributed by atoms with van der Waals surface area (Å²) in [6.07, 6.45) is 1.93. The highest BCUT2D eigenvalue weighted by Crippen LogP contribution is 2.46. The summed E-state index contributed by atoms with van der Waals surface area (Å²) in [4.78, 5) is 24.2. The van der Waals surface area contributed by atoms with Crippen LogP contribution < -0.4 is 16.0 Å². The molecule has 2 heterocycles. The van der Waals surface area contributed by atoms with Crippen molar-refractivity contribution in [3.63, 3.8) is 0 Å². The lowest BCUT2D eigenvalue weighted by atomic mass is 9.98.